The van der Waals surface area contributed by atoms with Gasteiger partial charge in [0.05, 0.1) is 6.61 Å². The molecule has 0 saturated heterocycles. The molecule has 0 bridgehead atoms. The molecule has 0 saturated carbocycles. The van der Waals surface area contributed by atoms with Gasteiger partial charge in [-0.05, 0) is 33.6 Å². The van der Waals surface area contributed by atoms with Crippen LogP contribution in [0.2, 0.25) is 0 Å². The summed E-state index contributed by atoms with van der Waals surface area (Å²) in [4.78, 5) is 8.37. The molecule has 0 amide bonds. The van der Waals surface area contributed by atoms with Crippen LogP contribution >= 0.6 is 31.9 Å². The first-order valence-electron chi connectivity index (χ1n) is 6.10. The number of nitrogens with one attached hydrogen (secondary N) is 1. The van der Waals surface area contributed by atoms with E-state index in [-0.39, 0.29) is 0 Å². The number of halogens is 2. The van der Waals surface area contributed by atoms with E-state index in [2.05, 4.69) is 53.2 Å². The van der Waals surface area contributed by atoms with Crippen LogP contribution in [0.1, 0.15) is 11.1 Å². The number of nitrogens with two attached hydrogens (primary N) is 1. The standard InChI is InChI=1S/C13H12Br2N4O/c14-9-3-7-1-2-20-12(7)8(4-9)6-17-13-18-10(15)5-11(16)19-13/h3-5H,1-2,6H2,(H3,16,17,18,19). The second-order valence-electron chi connectivity index (χ2n) is 4.44. The minimum atomic E-state index is 0.421. The Hall–Kier alpha value is -1.34. The first kappa shape index (κ1) is 13.6. The van der Waals surface area contributed by atoms with Gasteiger partial charge in [0.2, 0.25) is 5.95 Å². The van der Waals surface area contributed by atoms with Crippen LogP contribution < -0.4 is 15.8 Å². The number of nitrogens with zero attached hydrogens (tertiary/aromatic N) is 2. The topological polar surface area (TPSA) is 73.1 Å². The highest BCUT2D eigenvalue weighted by molar-refractivity contribution is 9.10. The number of anilines is 2. The molecule has 1 aromatic carbocycles. The number of nitrogen functional groups attached to an aromatic ring is 1. The van der Waals surface area contributed by atoms with Crippen molar-refractivity contribution in [3.8, 4) is 5.75 Å². The number of rotatable bonds is 3. The Labute approximate surface area is 133 Å². The number of hydrogen-bond donors (Lipinski definition) is 2. The summed E-state index contributed by atoms with van der Waals surface area (Å²) in [6.07, 6.45) is 0.947. The van der Waals surface area contributed by atoms with Gasteiger partial charge in [-0.15, -0.1) is 0 Å². The molecule has 0 atom stereocenters. The van der Waals surface area contributed by atoms with Crippen molar-refractivity contribution in [3.63, 3.8) is 0 Å². The molecular weight excluding hydrogens is 388 g/mol. The Kier molecular flexibility index (Phi) is 3.80. The van der Waals surface area contributed by atoms with Crippen LogP contribution in [-0.2, 0) is 13.0 Å². The molecule has 20 heavy (non-hydrogen) atoms. The van der Waals surface area contributed by atoms with Crippen LogP contribution in [0, 0.1) is 0 Å². The molecule has 7 heteroatoms. The van der Waals surface area contributed by atoms with Gasteiger partial charge in [-0.25, -0.2) is 4.98 Å². The van der Waals surface area contributed by atoms with Gasteiger partial charge in [-0.2, -0.15) is 4.98 Å². The van der Waals surface area contributed by atoms with Gasteiger partial charge >= 0.3 is 0 Å². The van der Waals surface area contributed by atoms with Crippen LogP contribution in [0.5, 0.6) is 5.75 Å². The minimum Gasteiger partial charge on any atom is -0.493 e. The van der Waals surface area contributed by atoms with Gasteiger partial charge in [0.1, 0.15) is 16.2 Å². The van der Waals surface area contributed by atoms with Crippen molar-refractivity contribution in [2.24, 2.45) is 0 Å². The lowest BCUT2D eigenvalue weighted by Gasteiger charge is -2.10. The smallest absolute Gasteiger partial charge is 0.225 e. The normalized spacial score (nSPS) is 12.9. The van der Waals surface area contributed by atoms with Crippen molar-refractivity contribution >= 4 is 43.6 Å². The largest absolute Gasteiger partial charge is 0.493 e. The Morgan fingerprint density at radius 3 is 2.90 bits per heavy atom. The summed E-state index contributed by atoms with van der Waals surface area (Å²) in [6.45, 7) is 1.32. The van der Waals surface area contributed by atoms with E-state index in [0.29, 0.717) is 22.9 Å². The van der Waals surface area contributed by atoms with E-state index in [9.17, 15) is 0 Å². The SMILES string of the molecule is Nc1cc(Br)nc(NCc2cc(Br)cc3c2OCC3)n1. The second-order valence-corrected chi connectivity index (χ2v) is 6.17. The maximum Gasteiger partial charge on any atom is 0.225 e. The van der Waals surface area contributed by atoms with Crippen LogP contribution in [0.3, 0.4) is 0 Å². The highest BCUT2D eigenvalue weighted by atomic mass is 79.9. The molecule has 3 rings (SSSR count). The van der Waals surface area contributed by atoms with E-state index >= 15 is 0 Å². The zero-order chi connectivity index (χ0) is 14.1. The van der Waals surface area contributed by atoms with Crippen LogP contribution in [0.15, 0.2) is 27.3 Å². The molecule has 0 fully saturated rings. The lowest BCUT2D eigenvalue weighted by atomic mass is 10.1. The van der Waals surface area contributed by atoms with Crippen molar-refractivity contribution in [2.75, 3.05) is 17.7 Å². The lowest BCUT2D eigenvalue weighted by Crippen LogP contribution is -2.06. The van der Waals surface area contributed by atoms with E-state index < -0.39 is 0 Å². The maximum absolute atomic E-state index is 5.69. The fourth-order valence-corrected chi connectivity index (χ4v) is 3.12. The summed E-state index contributed by atoms with van der Waals surface area (Å²) in [6, 6.07) is 5.79. The van der Waals surface area contributed by atoms with E-state index in [0.717, 1.165) is 28.8 Å². The zero-order valence-electron chi connectivity index (χ0n) is 10.5. The Morgan fingerprint density at radius 1 is 1.25 bits per heavy atom. The number of aromatic nitrogens is 2. The predicted octanol–water partition coefficient (Wildman–Crippen LogP) is 3.13. The number of ether oxygens (including phenoxy) is 1. The zero-order valence-corrected chi connectivity index (χ0v) is 13.7. The Balaban J connectivity index is 1.82. The molecule has 3 N–H and O–H groups in total. The van der Waals surface area contributed by atoms with Gasteiger partial charge in [0, 0.05) is 29.1 Å². The van der Waals surface area contributed by atoms with Crippen LogP contribution in [0.4, 0.5) is 11.8 Å². The first-order chi connectivity index (χ1) is 9.61. The third-order valence-electron chi connectivity index (χ3n) is 2.98. The molecule has 1 aliphatic heterocycles. The van der Waals surface area contributed by atoms with Gasteiger partial charge in [0.25, 0.3) is 0 Å². The molecule has 2 heterocycles. The molecule has 0 unspecified atom stereocenters. The molecule has 0 aliphatic carbocycles. The molecular formula is C13H12Br2N4O. The average Bonchev–Trinajstić information content (AvgIpc) is 2.82. The van der Waals surface area contributed by atoms with Crippen molar-refractivity contribution in [1.29, 1.82) is 0 Å². The first-order valence-corrected chi connectivity index (χ1v) is 7.68. The monoisotopic (exact) mass is 398 g/mol. The Morgan fingerprint density at radius 2 is 2.10 bits per heavy atom. The average molecular weight is 400 g/mol. The van der Waals surface area contributed by atoms with Crippen molar-refractivity contribution in [1.82, 2.24) is 9.97 Å². The third kappa shape index (κ3) is 2.88. The van der Waals surface area contributed by atoms with E-state index in [1.54, 1.807) is 6.07 Å². The van der Waals surface area contributed by atoms with Crippen molar-refractivity contribution in [3.05, 3.63) is 38.4 Å². The van der Waals surface area contributed by atoms with Crippen LogP contribution in [-0.4, -0.2) is 16.6 Å². The summed E-state index contributed by atoms with van der Waals surface area (Å²) >= 11 is 6.82. The molecule has 104 valence electrons. The van der Waals surface area contributed by atoms with E-state index in [4.69, 9.17) is 10.5 Å². The number of fused-ring (bicyclic) bond motifs is 1. The number of benzene rings is 1. The van der Waals surface area contributed by atoms with E-state index in [1.807, 2.05) is 6.07 Å². The van der Waals surface area contributed by atoms with Crippen molar-refractivity contribution < 1.29 is 4.74 Å². The number of hydrogen-bond acceptors (Lipinski definition) is 5. The minimum absolute atomic E-state index is 0.421. The van der Waals surface area contributed by atoms with Gasteiger partial charge in [0.15, 0.2) is 0 Å². The molecule has 1 aliphatic rings. The second kappa shape index (κ2) is 5.57. The third-order valence-corrected chi connectivity index (χ3v) is 3.84. The quantitative estimate of drug-likeness (QED) is 0.775. The summed E-state index contributed by atoms with van der Waals surface area (Å²) < 4.78 is 7.39. The fraction of sp³-hybridized carbons (Fsp3) is 0.231. The fourth-order valence-electron chi connectivity index (χ4n) is 2.17. The van der Waals surface area contributed by atoms with Crippen molar-refractivity contribution in [2.45, 2.75) is 13.0 Å². The van der Waals surface area contributed by atoms with Gasteiger partial charge in [-0.3, -0.25) is 0 Å². The highest BCUT2D eigenvalue weighted by Crippen LogP contribution is 2.33. The van der Waals surface area contributed by atoms with Crippen LogP contribution in [0.25, 0.3) is 0 Å². The van der Waals surface area contributed by atoms with Gasteiger partial charge < -0.3 is 15.8 Å². The Bertz CT molecular complexity index is 643. The molecule has 0 radical (unpaired) electrons. The van der Waals surface area contributed by atoms with E-state index in [1.165, 1.54) is 5.56 Å². The summed E-state index contributed by atoms with van der Waals surface area (Å²) in [5, 5.41) is 3.17. The molecule has 1 aromatic heterocycles. The molecule has 0 spiro atoms. The summed E-state index contributed by atoms with van der Waals surface area (Å²) in [5.74, 6) is 1.87. The predicted molar refractivity (Wildman–Crippen MR) is 84.8 cm³/mol. The van der Waals surface area contributed by atoms with Gasteiger partial charge in [-0.1, -0.05) is 15.9 Å². The highest BCUT2D eigenvalue weighted by Gasteiger charge is 2.17. The lowest BCUT2D eigenvalue weighted by molar-refractivity contribution is 0.354. The summed E-state index contributed by atoms with van der Waals surface area (Å²) in [5.41, 5.74) is 7.99. The molecule has 2 aromatic rings. The summed E-state index contributed by atoms with van der Waals surface area (Å²) in [7, 11) is 0. The molecule has 5 nitrogen and oxygen atoms in total. The maximum atomic E-state index is 5.69.